The molecule has 0 aliphatic heterocycles. The van der Waals surface area contributed by atoms with Crippen LogP contribution in [0.1, 0.15) is 24.4 Å². The Morgan fingerprint density at radius 2 is 2.05 bits per heavy atom. The second-order valence-electron chi connectivity index (χ2n) is 4.97. The number of hydrogen-bond acceptors (Lipinski definition) is 4. The van der Waals surface area contributed by atoms with Crippen molar-refractivity contribution >= 4 is 16.9 Å². The van der Waals surface area contributed by atoms with Gasteiger partial charge in [-0.05, 0) is 26.0 Å². The van der Waals surface area contributed by atoms with Gasteiger partial charge in [-0.25, -0.2) is 0 Å². The molecule has 1 amide bonds. The summed E-state index contributed by atoms with van der Waals surface area (Å²) in [4.78, 5) is 23.6. The van der Waals surface area contributed by atoms with Gasteiger partial charge in [-0.15, -0.1) is 0 Å². The Labute approximate surface area is 109 Å². The second-order valence-corrected chi connectivity index (χ2v) is 4.97. The number of nitrogens with one attached hydrogen (secondary N) is 1. The fraction of sp³-hybridized carbons (Fsp3) is 0.286. The molecule has 0 spiro atoms. The van der Waals surface area contributed by atoms with Crippen LogP contribution in [0.2, 0.25) is 0 Å². The van der Waals surface area contributed by atoms with E-state index in [1.807, 2.05) is 0 Å². The number of carbonyl (C=O) groups excluding carboxylic acids is 1. The standard InChI is InChI=1S/C14H15NO4/c1-14(2,18)8-15-13(17)12-7-10(16)9-5-3-4-6-11(9)19-12/h3-7,18H,8H2,1-2H3,(H,15,17). The van der Waals surface area contributed by atoms with Crippen LogP contribution in [0, 0.1) is 0 Å². The van der Waals surface area contributed by atoms with Gasteiger partial charge in [0, 0.05) is 12.6 Å². The summed E-state index contributed by atoms with van der Waals surface area (Å²) in [7, 11) is 0. The van der Waals surface area contributed by atoms with Gasteiger partial charge in [0.15, 0.2) is 11.2 Å². The predicted molar refractivity (Wildman–Crippen MR) is 71.1 cm³/mol. The van der Waals surface area contributed by atoms with Crippen LogP contribution in [-0.4, -0.2) is 23.2 Å². The zero-order chi connectivity index (χ0) is 14.0. The molecule has 5 nitrogen and oxygen atoms in total. The number of rotatable bonds is 3. The molecule has 0 unspecified atom stereocenters. The van der Waals surface area contributed by atoms with E-state index in [4.69, 9.17) is 4.42 Å². The molecular formula is C14H15NO4. The number of fused-ring (bicyclic) bond motifs is 1. The van der Waals surface area contributed by atoms with Crippen LogP contribution in [0.5, 0.6) is 0 Å². The molecule has 0 fully saturated rings. The van der Waals surface area contributed by atoms with Crippen LogP contribution < -0.4 is 10.7 Å². The summed E-state index contributed by atoms with van der Waals surface area (Å²) in [6.45, 7) is 3.22. The smallest absolute Gasteiger partial charge is 0.287 e. The number of hydrogen-bond donors (Lipinski definition) is 2. The zero-order valence-corrected chi connectivity index (χ0v) is 10.8. The first kappa shape index (κ1) is 13.3. The molecule has 19 heavy (non-hydrogen) atoms. The van der Waals surface area contributed by atoms with E-state index in [1.165, 1.54) is 0 Å². The highest BCUT2D eigenvalue weighted by molar-refractivity contribution is 5.93. The average molecular weight is 261 g/mol. The lowest BCUT2D eigenvalue weighted by Gasteiger charge is -2.17. The molecular weight excluding hydrogens is 246 g/mol. The molecule has 0 atom stereocenters. The molecule has 2 N–H and O–H groups in total. The van der Waals surface area contributed by atoms with Crippen LogP contribution >= 0.6 is 0 Å². The molecule has 1 aromatic carbocycles. The monoisotopic (exact) mass is 261 g/mol. The summed E-state index contributed by atoms with van der Waals surface area (Å²) in [5.74, 6) is -0.585. The van der Waals surface area contributed by atoms with Crippen molar-refractivity contribution in [2.45, 2.75) is 19.4 Å². The summed E-state index contributed by atoms with van der Waals surface area (Å²) >= 11 is 0. The molecule has 0 radical (unpaired) electrons. The second kappa shape index (κ2) is 4.85. The van der Waals surface area contributed by atoms with Crippen molar-refractivity contribution in [2.24, 2.45) is 0 Å². The quantitative estimate of drug-likeness (QED) is 0.872. The number of para-hydroxylation sites is 1. The first-order chi connectivity index (χ1) is 8.87. The Hall–Kier alpha value is -2.14. The van der Waals surface area contributed by atoms with E-state index in [0.717, 1.165) is 6.07 Å². The van der Waals surface area contributed by atoms with Crippen molar-refractivity contribution in [1.82, 2.24) is 5.32 Å². The van der Waals surface area contributed by atoms with E-state index in [9.17, 15) is 14.7 Å². The maximum Gasteiger partial charge on any atom is 0.287 e. The molecule has 100 valence electrons. The summed E-state index contributed by atoms with van der Waals surface area (Å²) in [5.41, 5.74) is -0.925. The van der Waals surface area contributed by atoms with E-state index in [1.54, 1.807) is 38.1 Å². The molecule has 2 aromatic rings. The lowest BCUT2D eigenvalue weighted by atomic mass is 10.1. The lowest BCUT2D eigenvalue weighted by molar-refractivity contribution is 0.0681. The highest BCUT2D eigenvalue weighted by Crippen LogP contribution is 2.11. The van der Waals surface area contributed by atoms with Crippen molar-refractivity contribution < 1.29 is 14.3 Å². The third kappa shape index (κ3) is 3.20. The van der Waals surface area contributed by atoms with Gasteiger partial charge in [-0.2, -0.15) is 0 Å². The molecule has 5 heteroatoms. The van der Waals surface area contributed by atoms with E-state index in [2.05, 4.69) is 5.32 Å². The van der Waals surface area contributed by atoms with Crippen molar-refractivity contribution in [3.63, 3.8) is 0 Å². The average Bonchev–Trinajstić information content (AvgIpc) is 2.35. The van der Waals surface area contributed by atoms with Gasteiger partial charge in [-0.3, -0.25) is 9.59 Å². The van der Waals surface area contributed by atoms with Crippen LogP contribution in [-0.2, 0) is 0 Å². The van der Waals surface area contributed by atoms with E-state index in [0.29, 0.717) is 11.0 Å². The van der Waals surface area contributed by atoms with Crippen molar-refractivity contribution in [2.75, 3.05) is 6.54 Å². The first-order valence-electron chi connectivity index (χ1n) is 5.90. The van der Waals surface area contributed by atoms with Crippen LogP contribution in [0.15, 0.2) is 39.5 Å². The largest absolute Gasteiger partial charge is 0.451 e. The molecule has 0 bridgehead atoms. The third-order valence-corrected chi connectivity index (χ3v) is 2.54. The number of aliphatic hydroxyl groups is 1. The van der Waals surface area contributed by atoms with Crippen LogP contribution in [0.4, 0.5) is 0 Å². The molecule has 0 saturated heterocycles. The predicted octanol–water partition coefficient (Wildman–Crippen LogP) is 1.29. The molecule has 0 aliphatic rings. The first-order valence-corrected chi connectivity index (χ1v) is 5.90. The number of carbonyl (C=O) groups is 1. The third-order valence-electron chi connectivity index (χ3n) is 2.54. The summed E-state index contributed by atoms with van der Waals surface area (Å²) in [6, 6.07) is 7.88. The molecule has 1 heterocycles. The Morgan fingerprint density at radius 3 is 2.74 bits per heavy atom. The molecule has 0 saturated carbocycles. The molecule has 1 aromatic heterocycles. The normalized spacial score (nSPS) is 11.5. The van der Waals surface area contributed by atoms with Gasteiger partial charge in [-0.1, -0.05) is 12.1 Å². The summed E-state index contributed by atoms with van der Waals surface area (Å²) in [5, 5.41) is 12.5. The van der Waals surface area contributed by atoms with E-state index < -0.39 is 11.5 Å². The van der Waals surface area contributed by atoms with Gasteiger partial charge < -0.3 is 14.8 Å². The summed E-state index contributed by atoms with van der Waals surface area (Å²) < 4.78 is 5.38. The van der Waals surface area contributed by atoms with Crippen molar-refractivity contribution in [3.05, 3.63) is 46.3 Å². The molecule has 0 aliphatic carbocycles. The fourth-order valence-corrected chi connectivity index (χ4v) is 1.60. The Morgan fingerprint density at radius 1 is 1.37 bits per heavy atom. The van der Waals surface area contributed by atoms with Crippen LogP contribution in [0.25, 0.3) is 11.0 Å². The van der Waals surface area contributed by atoms with Crippen molar-refractivity contribution in [1.29, 1.82) is 0 Å². The molecule has 2 rings (SSSR count). The van der Waals surface area contributed by atoms with Gasteiger partial charge in [0.1, 0.15) is 5.58 Å². The number of amides is 1. The van der Waals surface area contributed by atoms with Gasteiger partial charge in [0.25, 0.3) is 5.91 Å². The SMILES string of the molecule is CC(C)(O)CNC(=O)c1cc(=O)c2ccccc2o1. The fourth-order valence-electron chi connectivity index (χ4n) is 1.60. The maximum absolute atomic E-state index is 11.8. The topological polar surface area (TPSA) is 79.5 Å². The Bertz CT molecular complexity index is 667. The number of benzene rings is 1. The van der Waals surface area contributed by atoms with Crippen molar-refractivity contribution in [3.8, 4) is 0 Å². The minimum absolute atomic E-state index is 0.0621. The Kier molecular flexibility index (Phi) is 3.40. The van der Waals surface area contributed by atoms with Gasteiger partial charge in [0.2, 0.25) is 0 Å². The zero-order valence-electron chi connectivity index (χ0n) is 10.8. The minimum atomic E-state index is -1.02. The maximum atomic E-state index is 11.8. The van der Waals surface area contributed by atoms with E-state index >= 15 is 0 Å². The highest BCUT2D eigenvalue weighted by Gasteiger charge is 2.17. The van der Waals surface area contributed by atoms with Crippen LogP contribution in [0.3, 0.4) is 0 Å². The minimum Gasteiger partial charge on any atom is -0.451 e. The highest BCUT2D eigenvalue weighted by atomic mass is 16.3. The lowest BCUT2D eigenvalue weighted by Crippen LogP contribution is -2.38. The Balaban J connectivity index is 2.31. The van der Waals surface area contributed by atoms with Gasteiger partial charge in [0.05, 0.1) is 11.0 Å². The van der Waals surface area contributed by atoms with E-state index in [-0.39, 0.29) is 17.7 Å². The van der Waals surface area contributed by atoms with Gasteiger partial charge >= 0.3 is 0 Å². The summed E-state index contributed by atoms with van der Waals surface area (Å²) in [6.07, 6.45) is 0.